The summed E-state index contributed by atoms with van der Waals surface area (Å²) in [6, 6.07) is 10.1. The van der Waals surface area contributed by atoms with Crippen molar-refractivity contribution in [1.82, 2.24) is 5.32 Å². The number of benzene rings is 1. The maximum atomic E-state index is 11.8. The Bertz CT molecular complexity index is 412. The molecular weight excluding hydrogens is 252 g/mol. The molecule has 1 amide bonds. The second-order valence-electron chi connectivity index (χ2n) is 6.13. The first-order valence-electron chi connectivity index (χ1n) is 7.06. The minimum Gasteiger partial charge on any atom is -0.444 e. The fourth-order valence-electron chi connectivity index (χ4n) is 2.03. The summed E-state index contributed by atoms with van der Waals surface area (Å²) in [4.78, 5) is 11.8. The number of hydrogen-bond acceptors (Lipinski definition) is 3. The molecule has 4 heteroatoms. The van der Waals surface area contributed by atoms with E-state index in [1.165, 1.54) is 5.56 Å². The van der Waals surface area contributed by atoms with E-state index in [2.05, 4.69) is 24.4 Å². The maximum Gasteiger partial charge on any atom is 0.407 e. The molecule has 0 aliphatic carbocycles. The minimum absolute atomic E-state index is 0.0833. The van der Waals surface area contributed by atoms with Gasteiger partial charge in [0.1, 0.15) is 5.60 Å². The zero-order valence-corrected chi connectivity index (χ0v) is 12.8. The van der Waals surface area contributed by atoms with E-state index < -0.39 is 11.7 Å². The highest BCUT2D eigenvalue weighted by Gasteiger charge is 2.20. The molecule has 112 valence electrons. The quantitative estimate of drug-likeness (QED) is 0.870. The van der Waals surface area contributed by atoms with Crippen molar-refractivity contribution in [3.63, 3.8) is 0 Å². The fourth-order valence-corrected chi connectivity index (χ4v) is 2.03. The average molecular weight is 278 g/mol. The molecule has 0 bridgehead atoms. The van der Waals surface area contributed by atoms with Gasteiger partial charge < -0.3 is 15.8 Å². The van der Waals surface area contributed by atoms with Gasteiger partial charge in [-0.1, -0.05) is 37.3 Å². The van der Waals surface area contributed by atoms with Crippen LogP contribution in [0.25, 0.3) is 0 Å². The zero-order valence-electron chi connectivity index (χ0n) is 12.8. The van der Waals surface area contributed by atoms with Gasteiger partial charge in [0.05, 0.1) is 0 Å². The number of amides is 1. The molecule has 2 atom stereocenters. The maximum absolute atomic E-state index is 11.8. The standard InChI is InChI=1S/C16H26N2O2/c1-12(13-8-6-5-7-9-13)10-14(11-17)18-15(19)20-16(2,3)4/h5-9,12,14H,10-11,17H2,1-4H3,(H,18,19). The number of nitrogens with two attached hydrogens (primary N) is 1. The lowest BCUT2D eigenvalue weighted by Gasteiger charge is -2.24. The summed E-state index contributed by atoms with van der Waals surface area (Å²) in [6.45, 7) is 8.06. The van der Waals surface area contributed by atoms with Gasteiger partial charge in [-0.25, -0.2) is 4.79 Å². The first-order valence-corrected chi connectivity index (χ1v) is 7.06. The smallest absolute Gasteiger partial charge is 0.407 e. The molecular formula is C16H26N2O2. The van der Waals surface area contributed by atoms with Crippen LogP contribution in [-0.4, -0.2) is 24.3 Å². The van der Waals surface area contributed by atoms with Gasteiger partial charge in [-0.15, -0.1) is 0 Å². The number of hydrogen-bond donors (Lipinski definition) is 2. The van der Waals surface area contributed by atoms with Gasteiger partial charge in [0.25, 0.3) is 0 Å². The number of alkyl carbamates (subject to hydrolysis) is 1. The third-order valence-corrected chi connectivity index (χ3v) is 3.01. The molecule has 1 aromatic carbocycles. The first-order chi connectivity index (χ1) is 9.31. The van der Waals surface area contributed by atoms with E-state index in [0.29, 0.717) is 12.5 Å². The van der Waals surface area contributed by atoms with Crippen LogP contribution in [0.2, 0.25) is 0 Å². The monoisotopic (exact) mass is 278 g/mol. The van der Waals surface area contributed by atoms with Gasteiger partial charge in [0.2, 0.25) is 0 Å². The van der Waals surface area contributed by atoms with Crippen LogP contribution in [-0.2, 0) is 4.74 Å². The predicted molar refractivity (Wildman–Crippen MR) is 81.7 cm³/mol. The Morgan fingerprint density at radius 3 is 2.40 bits per heavy atom. The summed E-state index contributed by atoms with van der Waals surface area (Å²) in [5.41, 5.74) is 6.50. The van der Waals surface area contributed by atoms with Gasteiger partial charge in [0.15, 0.2) is 0 Å². The lowest BCUT2D eigenvalue weighted by Crippen LogP contribution is -2.43. The van der Waals surface area contributed by atoms with E-state index in [1.807, 2.05) is 39.0 Å². The van der Waals surface area contributed by atoms with Crippen molar-refractivity contribution >= 4 is 6.09 Å². The van der Waals surface area contributed by atoms with Crippen molar-refractivity contribution in [2.24, 2.45) is 5.73 Å². The van der Waals surface area contributed by atoms with Gasteiger partial charge >= 0.3 is 6.09 Å². The van der Waals surface area contributed by atoms with E-state index in [1.54, 1.807) is 0 Å². The summed E-state index contributed by atoms with van der Waals surface area (Å²) < 4.78 is 5.25. The van der Waals surface area contributed by atoms with Crippen molar-refractivity contribution in [1.29, 1.82) is 0 Å². The summed E-state index contributed by atoms with van der Waals surface area (Å²) in [5, 5.41) is 2.84. The molecule has 20 heavy (non-hydrogen) atoms. The highest BCUT2D eigenvalue weighted by atomic mass is 16.6. The molecule has 0 fully saturated rings. The van der Waals surface area contributed by atoms with E-state index >= 15 is 0 Å². The number of carbonyl (C=O) groups is 1. The van der Waals surface area contributed by atoms with Crippen molar-refractivity contribution in [2.45, 2.75) is 51.7 Å². The van der Waals surface area contributed by atoms with Crippen LogP contribution >= 0.6 is 0 Å². The number of rotatable bonds is 5. The van der Waals surface area contributed by atoms with Crippen LogP contribution in [0.4, 0.5) is 4.79 Å². The Balaban J connectivity index is 2.53. The van der Waals surface area contributed by atoms with Crippen LogP contribution in [0.1, 0.15) is 45.6 Å². The van der Waals surface area contributed by atoms with Crippen molar-refractivity contribution < 1.29 is 9.53 Å². The molecule has 0 heterocycles. The topological polar surface area (TPSA) is 64.3 Å². The molecule has 0 saturated carbocycles. The minimum atomic E-state index is -0.492. The number of carbonyl (C=O) groups excluding carboxylic acids is 1. The summed E-state index contributed by atoms with van der Waals surface area (Å²) in [7, 11) is 0. The summed E-state index contributed by atoms with van der Waals surface area (Å²) in [6.07, 6.45) is 0.382. The SMILES string of the molecule is CC(CC(CN)NC(=O)OC(C)(C)C)c1ccccc1. The largest absolute Gasteiger partial charge is 0.444 e. The zero-order chi connectivity index (χ0) is 15.2. The van der Waals surface area contributed by atoms with E-state index in [4.69, 9.17) is 10.5 Å². The average Bonchev–Trinajstić information content (AvgIpc) is 2.36. The van der Waals surface area contributed by atoms with Crippen LogP contribution in [0, 0.1) is 0 Å². The molecule has 0 saturated heterocycles. The Labute approximate surface area is 121 Å². The highest BCUT2D eigenvalue weighted by Crippen LogP contribution is 2.20. The predicted octanol–water partition coefficient (Wildman–Crippen LogP) is 3.03. The summed E-state index contributed by atoms with van der Waals surface area (Å²) in [5.74, 6) is 0.333. The van der Waals surface area contributed by atoms with Crippen LogP contribution in [0.15, 0.2) is 30.3 Å². The first kappa shape index (κ1) is 16.5. The molecule has 0 aromatic heterocycles. The third-order valence-electron chi connectivity index (χ3n) is 3.01. The van der Waals surface area contributed by atoms with Gasteiger partial charge in [-0.3, -0.25) is 0 Å². The van der Waals surface area contributed by atoms with Crippen LogP contribution in [0.5, 0.6) is 0 Å². The van der Waals surface area contributed by atoms with Crippen molar-refractivity contribution in [2.75, 3.05) is 6.54 Å². The third kappa shape index (κ3) is 6.06. The van der Waals surface area contributed by atoms with E-state index in [-0.39, 0.29) is 6.04 Å². The highest BCUT2D eigenvalue weighted by molar-refractivity contribution is 5.68. The van der Waals surface area contributed by atoms with Gasteiger partial charge in [-0.2, -0.15) is 0 Å². The van der Waals surface area contributed by atoms with Crippen LogP contribution < -0.4 is 11.1 Å². The fraction of sp³-hybridized carbons (Fsp3) is 0.562. The normalized spacial score (nSPS) is 14.4. The van der Waals surface area contributed by atoms with Crippen molar-refractivity contribution in [3.05, 3.63) is 35.9 Å². The van der Waals surface area contributed by atoms with Gasteiger partial charge in [0, 0.05) is 12.6 Å². The lowest BCUT2D eigenvalue weighted by molar-refractivity contribution is 0.0502. The molecule has 2 unspecified atom stereocenters. The molecule has 0 aliphatic heterocycles. The lowest BCUT2D eigenvalue weighted by atomic mass is 9.94. The Morgan fingerprint density at radius 1 is 1.30 bits per heavy atom. The second-order valence-corrected chi connectivity index (χ2v) is 6.13. The molecule has 1 aromatic rings. The Hall–Kier alpha value is -1.55. The van der Waals surface area contributed by atoms with E-state index in [9.17, 15) is 4.79 Å². The molecule has 3 N–H and O–H groups in total. The second kappa shape index (κ2) is 7.29. The molecule has 1 rings (SSSR count). The molecule has 0 aliphatic rings. The Morgan fingerprint density at radius 2 is 1.90 bits per heavy atom. The summed E-state index contributed by atoms with van der Waals surface area (Å²) >= 11 is 0. The van der Waals surface area contributed by atoms with Crippen molar-refractivity contribution in [3.8, 4) is 0 Å². The number of nitrogens with one attached hydrogen (secondary N) is 1. The molecule has 4 nitrogen and oxygen atoms in total. The molecule has 0 spiro atoms. The Kier molecular flexibility index (Phi) is 6.02. The van der Waals surface area contributed by atoms with Crippen LogP contribution in [0.3, 0.4) is 0 Å². The van der Waals surface area contributed by atoms with Gasteiger partial charge in [-0.05, 0) is 38.7 Å². The van der Waals surface area contributed by atoms with E-state index in [0.717, 1.165) is 6.42 Å². The molecule has 0 radical (unpaired) electrons. The number of ether oxygens (including phenoxy) is 1.